The number of thioether (sulfide) groups is 1. The summed E-state index contributed by atoms with van der Waals surface area (Å²) < 4.78 is 1.68. The monoisotopic (exact) mass is 503 g/mol. The number of aromatic nitrogens is 2. The summed E-state index contributed by atoms with van der Waals surface area (Å²) in [5.41, 5.74) is 3.13. The summed E-state index contributed by atoms with van der Waals surface area (Å²) in [6.07, 6.45) is 5.05. The van der Waals surface area contributed by atoms with Crippen molar-refractivity contribution in [1.29, 1.82) is 0 Å². The molecule has 1 N–H and O–H groups in total. The van der Waals surface area contributed by atoms with Gasteiger partial charge >= 0.3 is 0 Å². The van der Waals surface area contributed by atoms with Gasteiger partial charge in [-0.1, -0.05) is 73.6 Å². The predicted molar refractivity (Wildman–Crippen MR) is 145 cm³/mol. The summed E-state index contributed by atoms with van der Waals surface area (Å²) in [7, 11) is 0. The molecule has 0 spiro atoms. The van der Waals surface area contributed by atoms with Crippen molar-refractivity contribution >= 4 is 39.2 Å². The lowest BCUT2D eigenvalue weighted by atomic mass is 9.86. The van der Waals surface area contributed by atoms with Gasteiger partial charge in [0.15, 0.2) is 5.16 Å². The van der Waals surface area contributed by atoms with E-state index in [0.29, 0.717) is 17.6 Å². The van der Waals surface area contributed by atoms with Crippen molar-refractivity contribution in [2.24, 2.45) is 5.92 Å². The smallest absolute Gasteiger partial charge is 0.267 e. The molecular weight excluding hydrogens is 474 g/mol. The standard InChI is InChI=1S/C28H29N3O2S2/c1-2-19-13-14-22-23(17-19)35-26-25(22)27(33)31(21-11-7-4-8-12-21)28(30-26)34-18-24(32)29-16-15-20-9-5-3-6-10-20/h3-12,19H,2,13-18H2,1H3,(H,29,32). The minimum absolute atomic E-state index is 0.0272. The fourth-order valence-electron chi connectivity index (χ4n) is 4.70. The van der Waals surface area contributed by atoms with Gasteiger partial charge in [0, 0.05) is 11.4 Å². The number of amides is 1. The van der Waals surface area contributed by atoms with Gasteiger partial charge in [0.1, 0.15) is 4.83 Å². The molecule has 0 bridgehead atoms. The molecule has 2 aromatic heterocycles. The van der Waals surface area contributed by atoms with Crippen molar-refractivity contribution in [1.82, 2.24) is 14.9 Å². The predicted octanol–water partition coefficient (Wildman–Crippen LogP) is 5.41. The summed E-state index contributed by atoms with van der Waals surface area (Å²) >= 11 is 2.98. The number of para-hydroxylation sites is 1. The lowest BCUT2D eigenvalue weighted by molar-refractivity contribution is -0.118. The van der Waals surface area contributed by atoms with Crippen LogP contribution in [0.25, 0.3) is 15.9 Å². The molecule has 2 heterocycles. The lowest BCUT2D eigenvalue weighted by Crippen LogP contribution is -2.28. The number of thiophene rings is 1. The molecule has 5 rings (SSSR count). The lowest BCUT2D eigenvalue weighted by Gasteiger charge is -2.20. The minimum atomic E-state index is -0.0591. The van der Waals surface area contributed by atoms with E-state index in [1.54, 1.807) is 15.9 Å². The molecule has 7 heteroatoms. The van der Waals surface area contributed by atoms with Crippen LogP contribution in [-0.2, 0) is 24.1 Å². The van der Waals surface area contributed by atoms with Crippen LogP contribution in [0.4, 0.5) is 0 Å². The van der Waals surface area contributed by atoms with E-state index in [1.807, 2.05) is 48.5 Å². The first-order chi connectivity index (χ1) is 17.1. The second-order valence-electron chi connectivity index (χ2n) is 8.95. The first-order valence-corrected chi connectivity index (χ1v) is 14.0. The largest absolute Gasteiger partial charge is 0.355 e. The zero-order valence-electron chi connectivity index (χ0n) is 19.8. The number of aryl methyl sites for hydroxylation is 1. The molecule has 1 unspecified atom stereocenters. The van der Waals surface area contributed by atoms with Gasteiger partial charge < -0.3 is 5.32 Å². The fraction of sp³-hybridized carbons (Fsp3) is 0.321. The number of rotatable bonds is 8. The fourth-order valence-corrected chi connectivity index (χ4v) is 6.91. The molecule has 180 valence electrons. The first-order valence-electron chi connectivity index (χ1n) is 12.2. The molecule has 0 saturated carbocycles. The van der Waals surface area contributed by atoms with Crippen LogP contribution in [0.3, 0.4) is 0 Å². The van der Waals surface area contributed by atoms with Crippen LogP contribution in [0.15, 0.2) is 70.6 Å². The highest BCUT2D eigenvalue weighted by atomic mass is 32.2. The Morgan fingerprint density at radius 1 is 1.14 bits per heavy atom. The number of carbonyl (C=O) groups excluding carboxylic acids is 1. The third kappa shape index (κ3) is 5.21. The van der Waals surface area contributed by atoms with Crippen molar-refractivity contribution in [3.05, 3.63) is 87.0 Å². The molecule has 0 saturated heterocycles. The Kier molecular flexibility index (Phi) is 7.35. The van der Waals surface area contributed by atoms with Crippen LogP contribution >= 0.6 is 23.1 Å². The highest BCUT2D eigenvalue weighted by Gasteiger charge is 2.26. The third-order valence-electron chi connectivity index (χ3n) is 6.66. The van der Waals surface area contributed by atoms with Gasteiger partial charge in [-0.2, -0.15) is 0 Å². The SMILES string of the molecule is CCC1CCc2c(sc3nc(SCC(=O)NCCc4ccccc4)n(-c4ccccc4)c(=O)c23)C1. The van der Waals surface area contributed by atoms with Gasteiger partial charge in [-0.3, -0.25) is 14.2 Å². The van der Waals surface area contributed by atoms with E-state index < -0.39 is 0 Å². The molecule has 0 fully saturated rings. The summed E-state index contributed by atoms with van der Waals surface area (Å²) in [5, 5.41) is 4.32. The Labute approximate surface area is 213 Å². The average molecular weight is 504 g/mol. The molecule has 2 aromatic carbocycles. The number of hydrogen-bond donors (Lipinski definition) is 1. The second-order valence-corrected chi connectivity index (χ2v) is 11.0. The maximum Gasteiger partial charge on any atom is 0.267 e. The molecule has 5 nitrogen and oxygen atoms in total. The molecular formula is C28H29N3O2S2. The van der Waals surface area contributed by atoms with Crippen LogP contribution in [0.1, 0.15) is 35.8 Å². The second kappa shape index (κ2) is 10.8. The van der Waals surface area contributed by atoms with E-state index >= 15 is 0 Å². The third-order valence-corrected chi connectivity index (χ3v) is 8.74. The Balaban J connectivity index is 1.40. The van der Waals surface area contributed by atoms with E-state index in [-0.39, 0.29) is 17.2 Å². The molecule has 4 aromatic rings. The summed E-state index contributed by atoms with van der Waals surface area (Å²) in [6.45, 7) is 2.82. The Hall–Kier alpha value is -2.90. The molecule has 1 atom stereocenters. The average Bonchev–Trinajstić information content (AvgIpc) is 3.26. The number of nitrogens with one attached hydrogen (secondary N) is 1. The van der Waals surface area contributed by atoms with Crippen LogP contribution in [0, 0.1) is 5.92 Å². The van der Waals surface area contributed by atoms with Crippen LogP contribution < -0.4 is 10.9 Å². The molecule has 1 amide bonds. The Bertz CT molecular complexity index is 1380. The summed E-state index contributed by atoms with van der Waals surface area (Å²) in [4.78, 5) is 33.5. The number of hydrogen-bond acceptors (Lipinski definition) is 5. The number of nitrogens with zero attached hydrogens (tertiary/aromatic N) is 2. The molecule has 35 heavy (non-hydrogen) atoms. The van der Waals surface area contributed by atoms with Gasteiger partial charge in [-0.25, -0.2) is 4.98 Å². The molecule has 1 aliphatic rings. The number of carbonyl (C=O) groups is 1. The zero-order valence-corrected chi connectivity index (χ0v) is 21.5. The van der Waals surface area contributed by atoms with E-state index in [0.717, 1.165) is 48.0 Å². The highest BCUT2D eigenvalue weighted by molar-refractivity contribution is 7.99. The van der Waals surface area contributed by atoms with Crippen molar-refractivity contribution < 1.29 is 4.79 Å². The topological polar surface area (TPSA) is 64.0 Å². The van der Waals surface area contributed by atoms with Crippen LogP contribution in [0.5, 0.6) is 0 Å². The number of fused-ring (bicyclic) bond motifs is 3. The quantitative estimate of drug-likeness (QED) is 0.258. The van der Waals surface area contributed by atoms with Gasteiger partial charge in [-0.15, -0.1) is 11.3 Å². The van der Waals surface area contributed by atoms with E-state index in [2.05, 4.69) is 24.4 Å². The highest BCUT2D eigenvalue weighted by Crippen LogP contribution is 2.37. The first kappa shape index (κ1) is 23.8. The van der Waals surface area contributed by atoms with Crippen molar-refractivity contribution in [2.45, 2.75) is 44.2 Å². The molecule has 1 aliphatic carbocycles. The number of benzene rings is 2. The van der Waals surface area contributed by atoms with Crippen molar-refractivity contribution in [3.63, 3.8) is 0 Å². The van der Waals surface area contributed by atoms with E-state index in [9.17, 15) is 9.59 Å². The Morgan fingerprint density at radius 3 is 2.63 bits per heavy atom. The van der Waals surface area contributed by atoms with Gasteiger partial charge in [0.25, 0.3) is 5.56 Å². The summed E-state index contributed by atoms with van der Waals surface area (Å²) in [6, 6.07) is 19.7. The van der Waals surface area contributed by atoms with Crippen molar-refractivity contribution in [3.8, 4) is 5.69 Å². The normalized spacial score (nSPS) is 15.2. The van der Waals surface area contributed by atoms with Gasteiger partial charge in [0.2, 0.25) is 5.91 Å². The summed E-state index contributed by atoms with van der Waals surface area (Å²) in [5.74, 6) is 0.833. The van der Waals surface area contributed by atoms with E-state index in [1.165, 1.54) is 27.8 Å². The van der Waals surface area contributed by atoms with E-state index in [4.69, 9.17) is 4.98 Å². The van der Waals surface area contributed by atoms with Crippen LogP contribution in [0.2, 0.25) is 0 Å². The maximum absolute atomic E-state index is 13.8. The maximum atomic E-state index is 13.8. The van der Waals surface area contributed by atoms with Gasteiger partial charge in [-0.05, 0) is 54.9 Å². The molecule has 0 aliphatic heterocycles. The molecule has 0 radical (unpaired) electrons. The Morgan fingerprint density at radius 2 is 1.89 bits per heavy atom. The van der Waals surface area contributed by atoms with Crippen molar-refractivity contribution in [2.75, 3.05) is 12.3 Å². The minimum Gasteiger partial charge on any atom is -0.355 e. The zero-order chi connectivity index (χ0) is 24.2. The van der Waals surface area contributed by atoms with Gasteiger partial charge in [0.05, 0.1) is 16.8 Å². The van der Waals surface area contributed by atoms with Crippen LogP contribution in [-0.4, -0.2) is 27.8 Å².